The first-order valence-electron chi connectivity index (χ1n) is 7.38. The average molecular weight is 336 g/mol. The van der Waals surface area contributed by atoms with Gasteiger partial charge in [0.05, 0.1) is 16.9 Å². The maximum atomic E-state index is 14.0. The summed E-state index contributed by atoms with van der Waals surface area (Å²) < 4.78 is 28.1. The van der Waals surface area contributed by atoms with Crippen LogP contribution in [0.4, 0.5) is 8.78 Å². The molecule has 0 radical (unpaired) electrons. The van der Waals surface area contributed by atoms with Crippen LogP contribution in [0.25, 0.3) is 28.0 Å². The average Bonchev–Trinajstić information content (AvgIpc) is 2.63. The summed E-state index contributed by atoms with van der Waals surface area (Å²) in [6.45, 7) is 0. The van der Waals surface area contributed by atoms with Crippen LogP contribution in [0.3, 0.4) is 0 Å². The summed E-state index contributed by atoms with van der Waals surface area (Å²) in [7, 11) is 0. The zero-order valence-electron chi connectivity index (χ0n) is 12.7. The van der Waals surface area contributed by atoms with E-state index in [9.17, 15) is 13.6 Å². The van der Waals surface area contributed by atoms with Crippen molar-refractivity contribution in [3.05, 3.63) is 83.2 Å². The Balaban J connectivity index is 1.94. The van der Waals surface area contributed by atoms with Crippen molar-refractivity contribution in [2.75, 3.05) is 0 Å². The van der Waals surface area contributed by atoms with Crippen LogP contribution in [-0.4, -0.2) is 19.5 Å². The minimum atomic E-state index is -0.855. The van der Waals surface area contributed by atoms with Gasteiger partial charge in [-0.1, -0.05) is 0 Å². The van der Waals surface area contributed by atoms with Crippen molar-refractivity contribution in [1.82, 2.24) is 19.5 Å². The molecule has 0 aliphatic rings. The molecule has 0 N–H and O–H groups in total. The predicted octanol–water partition coefficient (Wildman–Crippen LogP) is 3.12. The summed E-state index contributed by atoms with van der Waals surface area (Å²) in [5.74, 6) is -1.58. The number of rotatable bonds is 2. The lowest BCUT2D eigenvalue weighted by Gasteiger charge is -2.08. The molecule has 0 amide bonds. The number of aromatic nitrogens is 4. The van der Waals surface area contributed by atoms with E-state index in [0.29, 0.717) is 17.3 Å². The SMILES string of the molecule is O=c1c2nc(-c3cccnc3)ccc2ncn1-c1ccc(F)cc1F. The molecule has 0 unspecified atom stereocenters. The zero-order chi connectivity index (χ0) is 17.4. The number of halogens is 2. The molecule has 0 spiro atoms. The summed E-state index contributed by atoms with van der Waals surface area (Å²) in [6, 6.07) is 9.95. The van der Waals surface area contributed by atoms with E-state index in [2.05, 4.69) is 15.0 Å². The lowest BCUT2D eigenvalue weighted by atomic mass is 10.2. The Hall–Kier alpha value is -3.48. The van der Waals surface area contributed by atoms with Crippen LogP contribution in [0.2, 0.25) is 0 Å². The predicted molar refractivity (Wildman–Crippen MR) is 88.3 cm³/mol. The van der Waals surface area contributed by atoms with Gasteiger partial charge in [0.15, 0.2) is 5.52 Å². The van der Waals surface area contributed by atoms with Gasteiger partial charge in [-0.3, -0.25) is 14.3 Å². The fourth-order valence-corrected chi connectivity index (χ4v) is 2.52. The molecule has 4 rings (SSSR count). The Morgan fingerprint density at radius 3 is 2.68 bits per heavy atom. The monoisotopic (exact) mass is 336 g/mol. The van der Waals surface area contributed by atoms with Crippen LogP contribution in [-0.2, 0) is 0 Å². The van der Waals surface area contributed by atoms with Crippen molar-refractivity contribution < 1.29 is 8.78 Å². The van der Waals surface area contributed by atoms with Crippen LogP contribution in [0, 0.1) is 11.6 Å². The van der Waals surface area contributed by atoms with E-state index < -0.39 is 17.2 Å². The Morgan fingerprint density at radius 2 is 1.92 bits per heavy atom. The number of pyridine rings is 2. The highest BCUT2D eigenvalue weighted by Gasteiger charge is 2.12. The molecule has 4 aromatic rings. The van der Waals surface area contributed by atoms with Gasteiger partial charge >= 0.3 is 0 Å². The van der Waals surface area contributed by atoms with Gasteiger partial charge in [-0.2, -0.15) is 0 Å². The van der Waals surface area contributed by atoms with E-state index in [1.807, 2.05) is 6.07 Å². The highest BCUT2D eigenvalue weighted by Crippen LogP contribution is 2.18. The maximum absolute atomic E-state index is 14.0. The van der Waals surface area contributed by atoms with Gasteiger partial charge in [0.2, 0.25) is 0 Å². The topological polar surface area (TPSA) is 60.7 Å². The Bertz CT molecular complexity index is 1140. The highest BCUT2D eigenvalue weighted by molar-refractivity contribution is 5.77. The molecule has 3 aromatic heterocycles. The standard InChI is InChI=1S/C18H10F2N4O/c19-12-3-6-16(13(20)8-12)24-10-22-15-5-4-14(23-17(15)18(24)25)11-2-1-7-21-9-11/h1-10H. The lowest BCUT2D eigenvalue weighted by Crippen LogP contribution is -2.21. The number of hydrogen-bond donors (Lipinski definition) is 0. The molecule has 0 saturated heterocycles. The second-order valence-corrected chi connectivity index (χ2v) is 5.32. The first kappa shape index (κ1) is 15.1. The third-order valence-electron chi connectivity index (χ3n) is 3.73. The number of nitrogens with zero attached hydrogens (tertiary/aromatic N) is 4. The van der Waals surface area contributed by atoms with Gasteiger partial charge in [-0.05, 0) is 36.4 Å². The first-order chi connectivity index (χ1) is 12.1. The van der Waals surface area contributed by atoms with Crippen molar-refractivity contribution in [3.8, 4) is 16.9 Å². The summed E-state index contributed by atoms with van der Waals surface area (Å²) in [5, 5.41) is 0. The van der Waals surface area contributed by atoms with Crippen LogP contribution in [0.1, 0.15) is 0 Å². The largest absolute Gasteiger partial charge is 0.284 e. The van der Waals surface area contributed by atoms with Crippen LogP contribution < -0.4 is 5.56 Å². The van der Waals surface area contributed by atoms with Gasteiger partial charge in [0.25, 0.3) is 5.56 Å². The Kier molecular flexibility index (Phi) is 3.53. The molecular formula is C18H10F2N4O. The molecule has 0 saturated carbocycles. The van der Waals surface area contributed by atoms with Gasteiger partial charge in [0, 0.05) is 24.0 Å². The lowest BCUT2D eigenvalue weighted by molar-refractivity contribution is 0.576. The summed E-state index contributed by atoms with van der Waals surface area (Å²) >= 11 is 0. The Morgan fingerprint density at radius 1 is 1.04 bits per heavy atom. The summed E-state index contributed by atoms with van der Waals surface area (Å²) in [5.41, 5.74) is 1.14. The van der Waals surface area contributed by atoms with Crippen LogP contribution in [0.5, 0.6) is 0 Å². The second kappa shape index (κ2) is 5.86. The minimum Gasteiger partial charge on any atom is -0.266 e. The number of fused-ring (bicyclic) bond motifs is 1. The van der Waals surface area contributed by atoms with Gasteiger partial charge < -0.3 is 0 Å². The smallest absolute Gasteiger partial charge is 0.266 e. The molecule has 0 aliphatic carbocycles. The van der Waals surface area contributed by atoms with E-state index in [1.165, 1.54) is 12.4 Å². The number of hydrogen-bond acceptors (Lipinski definition) is 4. The van der Waals surface area contributed by atoms with Crippen molar-refractivity contribution in [2.45, 2.75) is 0 Å². The molecule has 0 atom stereocenters. The molecular weight excluding hydrogens is 326 g/mol. The van der Waals surface area contributed by atoms with Gasteiger partial charge in [-0.15, -0.1) is 0 Å². The van der Waals surface area contributed by atoms with Crippen molar-refractivity contribution >= 4 is 11.0 Å². The van der Waals surface area contributed by atoms with Crippen LogP contribution >= 0.6 is 0 Å². The fraction of sp³-hybridized carbons (Fsp3) is 0. The van der Waals surface area contributed by atoms with Gasteiger partial charge in [-0.25, -0.2) is 18.7 Å². The zero-order valence-corrected chi connectivity index (χ0v) is 12.7. The van der Waals surface area contributed by atoms with E-state index in [0.717, 1.165) is 16.2 Å². The molecule has 25 heavy (non-hydrogen) atoms. The summed E-state index contributed by atoms with van der Waals surface area (Å²) in [6.07, 6.45) is 4.46. The van der Waals surface area contributed by atoms with E-state index in [1.54, 1.807) is 30.6 Å². The maximum Gasteiger partial charge on any atom is 0.284 e. The molecule has 1 aromatic carbocycles. The van der Waals surface area contributed by atoms with Crippen molar-refractivity contribution in [1.29, 1.82) is 0 Å². The molecule has 5 nitrogen and oxygen atoms in total. The van der Waals surface area contributed by atoms with Crippen molar-refractivity contribution in [3.63, 3.8) is 0 Å². The number of benzene rings is 1. The van der Waals surface area contributed by atoms with Crippen molar-refractivity contribution in [2.24, 2.45) is 0 Å². The molecule has 0 fully saturated rings. The van der Waals surface area contributed by atoms with E-state index >= 15 is 0 Å². The highest BCUT2D eigenvalue weighted by atomic mass is 19.1. The third-order valence-corrected chi connectivity index (χ3v) is 3.73. The normalized spacial score (nSPS) is 11.0. The Labute approximate surface area is 140 Å². The van der Waals surface area contributed by atoms with E-state index in [-0.39, 0.29) is 11.2 Å². The molecule has 3 heterocycles. The first-order valence-corrected chi connectivity index (χ1v) is 7.38. The fourth-order valence-electron chi connectivity index (χ4n) is 2.52. The van der Waals surface area contributed by atoms with Crippen LogP contribution in [0.15, 0.2) is 66.0 Å². The van der Waals surface area contributed by atoms with E-state index in [4.69, 9.17) is 0 Å². The summed E-state index contributed by atoms with van der Waals surface area (Å²) in [4.78, 5) is 25.2. The minimum absolute atomic E-state index is 0.0885. The second-order valence-electron chi connectivity index (χ2n) is 5.32. The molecule has 0 bridgehead atoms. The van der Waals surface area contributed by atoms with Gasteiger partial charge in [0.1, 0.15) is 18.0 Å². The quantitative estimate of drug-likeness (QED) is 0.564. The molecule has 7 heteroatoms. The molecule has 0 aliphatic heterocycles. The third kappa shape index (κ3) is 2.65. The molecule has 122 valence electrons.